The van der Waals surface area contributed by atoms with Gasteiger partial charge in [-0.15, -0.1) is 0 Å². The molecule has 0 aliphatic heterocycles. The SMILES string of the molecule is O=S(=O)(Nc1nc(-c2ccc(F)cc2)c(-c2ccnc(Cl)n2)s1)c1ccc(F)cc1. The van der Waals surface area contributed by atoms with Gasteiger partial charge in [0, 0.05) is 11.8 Å². The Hall–Kier alpha value is -2.95. The number of hydrogen-bond acceptors (Lipinski definition) is 6. The summed E-state index contributed by atoms with van der Waals surface area (Å²) in [7, 11) is -4.00. The molecule has 4 rings (SSSR count). The van der Waals surface area contributed by atoms with E-state index in [0.717, 1.165) is 35.6 Å². The molecule has 0 radical (unpaired) electrons. The zero-order valence-corrected chi connectivity index (χ0v) is 17.3. The van der Waals surface area contributed by atoms with Crippen LogP contribution in [0, 0.1) is 11.6 Å². The smallest absolute Gasteiger partial charge is 0.255 e. The van der Waals surface area contributed by atoms with Crippen molar-refractivity contribution in [3.8, 4) is 21.8 Å². The van der Waals surface area contributed by atoms with E-state index >= 15 is 0 Å². The molecular formula is C19H11ClF2N4O2S2. The van der Waals surface area contributed by atoms with Crippen LogP contribution in [0.2, 0.25) is 5.28 Å². The number of thiazole rings is 1. The van der Waals surface area contributed by atoms with Gasteiger partial charge in [-0.3, -0.25) is 4.72 Å². The molecule has 0 fully saturated rings. The number of sulfonamides is 1. The Morgan fingerprint density at radius 3 is 2.17 bits per heavy atom. The number of benzene rings is 2. The Morgan fingerprint density at radius 1 is 0.900 bits per heavy atom. The van der Waals surface area contributed by atoms with Gasteiger partial charge < -0.3 is 0 Å². The molecule has 0 unspecified atom stereocenters. The molecule has 30 heavy (non-hydrogen) atoms. The molecule has 0 amide bonds. The fourth-order valence-corrected chi connectivity index (χ4v) is 4.93. The second-order valence-corrected chi connectivity index (χ2v) is 8.99. The summed E-state index contributed by atoms with van der Waals surface area (Å²) in [6, 6.07) is 11.6. The molecule has 0 spiro atoms. The fourth-order valence-electron chi connectivity index (χ4n) is 2.59. The maximum absolute atomic E-state index is 13.3. The average molecular weight is 465 g/mol. The van der Waals surface area contributed by atoms with Gasteiger partial charge in [-0.2, -0.15) is 0 Å². The molecule has 2 heterocycles. The lowest BCUT2D eigenvalue weighted by Crippen LogP contribution is -2.12. The van der Waals surface area contributed by atoms with Gasteiger partial charge in [-0.25, -0.2) is 32.2 Å². The summed E-state index contributed by atoms with van der Waals surface area (Å²) in [6.45, 7) is 0. The quantitative estimate of drug-likeness (QED) is 0.420. The summed E-state index contributed by atoms with van der Waals surface area (Å²) in [5.41, 5.74) is 1.38. The van der Waals surface area contributed by atoms with Crippen molar-refractivity contribution in [1.29, 1.82) is 0 Å². The van der Waals surface area contributed by atoms with Crippen LogP contribution in [-0.4, -0.2) is 23.4 Å². The van der Waals surface area contributed by atoms with Gasteiger partial charge in [0.25, 0.3) is 10.0 Å². The summed E-state index contributed by atoms with van der Waals surface area (Å²) >= 11 is 6.92. The number of anilines is 1. The number of hydrogen-bond donors (Lipinski definition) is 1. The topological polar surface area (TPSA) is 84.8 Å². The molecule has 6 nitrogen and oxygen atoms in total. The van der Waals surface area contributed by atoms with E-state index in [4.69, 9.17) is 11.6 Å². The minimum absolute atomic E-state index is 0.0133. The molecule has 0 aliphatic carbocycles. The van der Waals surface area contributed by atoms with Crippen LogP contribution in [0.15, 0.2) is 65.7 Å². The van der Waals surface area contributed by atoms with Crippen molar-refractivity contribution >= 4 is 38.1 Å². The van der Waals surface area contributed by atoms with Crippen molar-refractivity contribution in [3.05, 3.63) is 77.7 Å². The average Bonchev–Trinajstić information content (AvgIpc) is 3.12. The highest BCUT2D eigenvalue weighted by atomic mass is 35.5. The van der Waals surface area contributed by atoms with Crippen molar-refractivity contribution in [3.63, 3.8) is 0 Å². The highest BCUT2D eigenvalue weighted by Crippen LogP contribution is 2.39. The van der Waals surface area contributed by atoms with E-state index in [1.165, 1.54) is 30.5 Å². The van der Waals surface area contributed by atoms with Gasteiger partial charge in [0.05, 0.1) is 21.2 Å². The maximum Gasteiger partial charge on any atom is 0.263 e. The molecule has 4 aromatic rings. The lowest BCUT2D eigenvalue weighted by Gasteiger charge is -2.04. The van der Waals surface area contributed by atoms with Gasteiger partial charge in [-0.05, 0) is 66.2 Å². The molecule has 1 N–H and O–H groups in total. The summed E-state index contributed by atoms with van der Waals surface area (Å²) in [5.74, 6) is -0.970. The Balaban J connectivity index is 1.79. The van der Waals surface area contributed by atoms with Crippen molar-refractivity contribution < 1.29 is 17.2 Å². The Kier molecular flexibility index (Phi) is 5.46. The number of nitrogens with zero attached hydrogens (tertiary/aromatic N) is 3. The Bertz CT molecular complexity index is 1310. The van der Waals surface area contributed by atoms with Crippen molar-refractivity contribution in [2.75, 3.05) is 4.72 Å². The summed E-state index contributed by atoms with van der Waals surface area (Å²) in [4.78, 5) is 12.8. The normalized spacial score (nSPS) is 11.4. The highest BCUT2D eigenvalue weighted by molar-refractivity contribution is 7.93. The minimum atomic E-state index is -4.00. The van der Waals surface area contributed by atoms with Gasteiger partial charge in [0.2, 0.25) is 5.28 Å². The molecule has 0 saturated carbocycles. The van der Waals surface area contributed by atoms with Gasteiger partial charge in [0.15, 0.2) is 5.13 Å². The van der Waals surface area contributed by atoms with Crippen LogP contribution in [-0.2, 0) is 10.0 Å². The van der Waals surface area contributed by atoms with Crippen molar-refractivity contribution in [1.82, 2.24) is 15.0 Å². The minimum Gasteiger partial charge on any atom is -0.255 e. The Labute approximate surface area is 179 Å². The lowest BCUT2D eigenvalue weighted by atomic mass is 10.1. The highest BCUT2D eigenvalue weighted by Gasteiger charge is 2.21. The predicted octanol–water partition coefficient (Wildman–Crippen LogP) is 5.00. The zero-order chi connectivity index (χ0) is 21.3. The van der Waals surface area contributed by atoms with Crippen molar-refractivity contribution in [2.45, 2.75) is 4.90 Å². The van der Waals surface area contributed by atoms with E-state index in [1.807, 2.05) is 0 Å². The molecule has 2 aromatic carbocycles. The van der Waals surface area contributed by atoms with E-state index in [2.05, 4.69) is 19.7 Å². The molecule has 0 aliphatic rings. The van der Waals surface area contributed by atoms with Gasteiger partial charge in [-0.1, -0.05) is 11.3 Å². The first-order chi connectivity index (χ1) is 14.3. The van der Waals surface area contributed by atoms with E-state index in [9.17, 15) is 17.2 Å². The van der Waals surface area contributed by atoms with Crippen LogP contribution in [0.5, 0.6) is 0 Å². The number of aromatic nitrogens is 3. The van der Waals surface area contributed by atoms with E-state index in [-0.39, 0.29) is 15.3 Å². The summed E-state index contributed by atoms with van der Waals surface area (Å²) < 4.78 is 54.1. The van der Waals surface area contributed by atoms with E-state index in [1.54, 1.807) is 6.07 Å². The first-order valence-corrected chi connectivity index (χ1v) is 11.0. The van der Waals surface area contributed by atoms with E-state index < -0.39 is 21.7 Å². The van der Waals surface area contributed by atoms with Crippen LogP contribution >= 0.6 is 22.9 Å². The Morgan fingerprint density at radius 2 is 1.53 bits per heavy atom. The monoisotopic (exact) mass is 464 g/mol. The first kappa shape index (κ1) is 20.3. The number of rotatable bonds is 5. The second kappa shape index (κ2) is 8.05. The zero-order valence-electron chi connectivity index (χ0n) is 14.9. The maximum atomic E-state index is 13.3. The number of halogens is 3. The van der Waals surface area contributed by atoms with E-state index in [0.29, 0.717) is 21.8 Å². The summed E-state index contributed by atoms with van der Waals surface area (Å²) in [6.07, 6.45) is 1.46. The van der Waals surface area contributed by atoms with Crippen LogP contribution in [0.3, 0.4) is 0 Å². The summed E-state index contributed by atoms with van der Waals surface area (Å²) in [5, 5.41) is 0.0720. The van der Waals surface area contributed by atoms with Gasteiger partial charge in [0.1, 0.15) is 11.6 Å². The number of nitrogens with one attached hydrogen (secondary N) is 1. The molecule has 11 heteroatoms. The van der Waals surface area contributed by atoms with Crippen LogP contribution in [0.1, 0.15) is 0 Å². The second-order valence-electron chi connectivity index (χ2n) is 5.97. The third-order valence-corrected chi connectivity index (χ3v) is 6.61. The van der Waals surface area contributed by atoms with Crippen LogP contribution in [0.4, 0.5) is 13.9 Å². The third kappa shape index (κ3) is 4.30. The first-order valence-electron chi connectivity index (χ1n) is 8.36. The largest absolute Gasteiger partial charge is 0.263 e. The molecule has 152 valence electrons. The molecule has 0 atom stereocenters. The van der Waals surface area contributed by atoms with Crippen LogP contribution < -0.4 is 4.72 Å². The standard InChI is InChI=1S/C19H11ClF2N4O2S2/c20-18-23-10-9-15(24-18)17-16(11-1-3-12(21)4-2-11)25-19(29-17)26-30(27,28)14-7-5-13(22)6-8-14/h1-10H,(H,25,26). The molecular weight excluding hydrogens is 454 g/mol. The van der Waals surface area contributed by atoms with Gasteiger partial charge >= 0.3 is 0 Å². The molecule has 0 bridgehead atoms. The lowest BCUT2D eigenvalue weighted by molar-refractivity contribution is 0.599. The molecule has 2 aromatic heterocycles. The third-order valence-electron chi connectivity index (χ3n) is 3.95. The van der Waals surface area contributed by atoms with Crippen molar-refractivity contribution in [2.24, 2.45) is 0 Å². The fraction of sp³-hybridized carbons (Fsp3) is 0. The molecule has 0 saturated heterocycles. The van der Waals surface area contributed by atoms with Crippen LogP contribution in [0.25, 0.3) is 21.8 Å². The predicted molar refractivity (Wildman–Crippen MR) is 111 cm³/mol.